The normalized spacial score (nSPS) is 22.6. The van der Waals surface area contributed by atoms with Crippen LogP contribution in [0.15, 0.2) is 18.2 Å². The molecule has 1 saturated heterocycles. The van der Waals surface area contributed by atoms with E-state index in [1.54, 1.807) is 6.07 Å². The quantitative estimate of drug-likeness (QED) is 0.792. The van der Waals surface area contributed by atoms with Gasteiger partial charge in [0.15, 0.2) is 0 Å². The number of rotatable bonds is 2. The predicted molar refractivity (Wildman–Crippen MR) is 79.6 cm³/mol. The number of alkyl halides is 3. The molecule has 0 radical (unpaired) electrons. The lowest BCUT2D eigenvalue weighted by Crippen LogP contribution is -2.35. The van der Waals surface area contributed by atoms with Crippen LogP contribution in [0.5, 0.6) is 0 Å². The van der Waals surface area contributed by atoms with Crippen molar-refractivity contribution < 1.29 is 13.2 Å². The molecule has 0 aliphatic carbocycles. The maximum atomic E-state index is 12.8. The molecule has 2 rings (SSSR count). The van der Waals surface area contributed by atoms with Gasteiger partial charge in [-0.1, -0.05) is 25.4 Å². The monoisotopic (exact) mass is 323 g/mol. The zero-order chi connectivity index (χ0) is 15.0. The summed E-state index contributed by atoms with van der Waals surface area (Å²) in [6.07, 6.45) is -3.47. The highest BCUT2D eigenvalue weighted by Crippen LogP contribution is 2.38. The Morgan fingerprint density at radius 3 is 2.65 bits per heavy atom. The number of benzene rings is 1. The van der Waals surface area contributed by atoms with Crippen molar-refractivity contribution in [2.24, 2.45) is 5.41 Å². The summed E-state index contributed by atoms with van der Waals surface area (Å²) in [5.41, 5.74) is -0.100. The van der Waals surface area contributed by atoms with Crippen molar-refractivity contribution in [1.29, 1.82) is 0 Å². The topological polar surface area (TPSA) is 12.0 Å². The summed E-state index contributed by atoms with van der Waals surface area (Å²) in [6, 6.07) is 4.18. The Balaban J connectivity index is 2.14. The van der Waals surface area contributed by atoms with E-state index in [4.69, 9.17) is 11.6 Å². The van der Waals surface area contributed by atoms with Gasteiger partial charge in [-0.2, -0.15) is 24.9 Å². The van der Waals surface area contributed by atoms with Gasteiger partial charge in [0.1, 0.15) is 0 Å². The van der Waals surface area contributed by atoms with Crippen molar-refractivity contribution in [3.05, 3.63) is 28.8 Å². The van der Waals surface area contributed by atoms with Crippen LogP contribution in [0.25, 0.3) is 0 Å². The van der Waals surface area contributed by atoms with Crippen LogP contribution in [0, 0.1) is 5.41 Å². The lowest BCUT2D eigenvalue weighted by molar-refractivity contribution is -0.137. The summed E-state index contributed by atoms with van der Waals surface area (Å²) in [6.45, 7) is 4.35. The Hall–Kier alpha value is -0.550. The smallest absolute Gasteiger partial charge is 0.381 e. The third-order valence-corrected chi connectivity index (χ3v) is 5.21. The second kappa shape index (κ2) is 5.68. The molecule has 1 atom stereocenters. The molecule has 1 aromatic rings. The molecule has 1 N–H and O–H groups in total. The number of hydrogen-bond donors (Lipinski definition) is 1. The van der Waals surface area contributed by atoms with Gasteiger partial charge in [-0.15, -0.1) is 0 Å². The summed E-state index contributed by atoms with van der Waals surface area (Å²) >= 11 is 7.45. The van der Waals surface area contributed by atoms with Gasteiger partial charge >= 0.3 is 6.18 Å². The average molecular weight is 324 g/mol. The summed E-state index contributed by atoms with van der Waals surface area (Å²) in [4.78, 5) is 0. The number of thioether (sulfide) groups is 1. The molecule has 6 heteroatoms. The van der Waals surface area contributed by atoms with E-state index in [2.05, 4.69) is 19.2 Å². The molecule has 1 nitrogen and oxygen atoms in total. The van der Waals surface area contributed by atoms with Crippen molar-refractivity contribution in [2.75, 3.05) is 16.8 Å². The maximum Gasteiger partial charge on any atom is 0.417 e. The third kappa shape index (κ3) is 3.98. The third-order valence-electron chi connectivity index (χ3n) is 3.25. The summed E-state index contributed by atoms with van der Waals surface area (Å²) in [7, 11) is 0. The van der Waals surface area contributed by atoms with Crippen molar-refractivity contribution in [3.63, 3.8) is 0 Å². The molecule has 112 valence electrons. The fraction of sp³-hybridized carbons (Fsp3) is 0.571. The van der Waals surface area contributed by atoms with Crippen LogP contribution in [-0.4, -0.2) is 17.5 Å². The number of nitrogens with one attached hydrogen (secondary N) is 1. The van der Waals surface area contributed by atoms with Gasteiger partial charge in [-0.25, -0.2) is 0 Å². The van der Waals surface area contributed by atoms with Gasteiger partial charge in [-0.05, 0) is 35.8 Å². The Bertz CT molecular complexity index is 488. The largest absolute Gasteiger partial charge is 0.417 e. The van der Waals surface area contributed by atoms with E-state index >= 15 is 0 Å². The van der Waals surface area contributed by atoms with Crippen LogP contribution >= 0.6 is 23.4 Å². The maximum absolute atomic E-state index is 12.8. The minimum absolute atomic E-state index is 0.186. The molecule has 1 unspecified atom stereocenters. The molecule has 20 heavy (non-hydrogen) atoms. The molecule has 0 saturated carbocycles. The first kappa shape index (κ1) is 15.8. The molecule has 0 spiro atoms. The van der Waals surface area contributed by atoms with E-state index < -0.39 is 11.7 Å². The molecule has 1 fully saturated rings. The van der Waals surface area contributed by atoms with Crippen LogP contribution in [0.2, 0.25) is 5.02 Å². The Kier molecular flexibility index (Phi) is 4.50. The van der Waals surface area contributed by atoms with Crippen molar-refractivity contribution in [1.82, 2.24) is 0 Å². The zero-order valence-corrected chi connectivity index (χ0v) is 12.9. The predicted octanol–water partition coefficient (Wildman–Crippen LogP) is 5.30. The van der Waals surface area contributed by atoms with E-state index in [1.807, 2.05) is 11.8 Å². The highest BCUT2D eigenvalue weighted by Gasteiger charge is 2.34. The number of anilines is 1. The lowest BCUT2D eigenvalue weighted by Gasteiger charge is -2.35. The minimum atomic E-state index is -4.42. The van der Waals surface area contributed by atoms with Crippen LogP contribution < -0.4 is 5.32 Å². The van der Waals surface area contributed by atoms with Gasteiger partial charge in [0, 0.05) is 17.5 Å². The first-order chi connectivity index (χ1) is 9.17. The first-order valence-electron chi connectivity index (χ1n) is 6.38. The minimum Gasteiger partial charge on any atom is -0.381 e. The van der Waals surface area contributed by atoms with E-state index in [1.165, 1.54) is 6.07 Å². The first-order valence-corrected chi connectivity index (χ1v) is 7.92. The molecule has 0 aromatic heterocycles. The van der Waals surface area contributed by atoms with Crippen molar-refractivity contribution in [3.8, 4) is 0 Å². The van der Waals surface area contributed by atoms with Crippen LogP contribution in [0.3, 0.4) is 0 Å². The molecular formula is C14H17ClF3NS. The molecular weight excluding hydrogens is 307 g/mol. The number of hydrogen-bond acceptors (Lipinski definition) is 2. The fourth-order valence-corrected chi connectivity index (χ4v) is 3.92. The zero-order valence-electron chi connectivity index (χ0n) is 11.4. The summed E-state index contributed by atoms with van der Waals surface area (Å²) in [5.74, 6) is 1.99. The second-order valence-corrected chi connectivity index (χ2v) is 7.35. The highest BCUT2D eigenvalue weighted by atomic mass is 35.5. The average Bonchev–Trinajstić information content (AvgIpc) is 2.29. The fourth-order valence-electron chi connectivity index (χ4n) is 2.42. The SMILES string of the molecule is CC1(C)CSCC(Nc2ccc(Cl)c(C(F)(F)F)c2)C1. The summed E-state index contributed by atoms with van der Waals surface area (Å²) in [5, 5.41) is 2.93. The van der Waals surface area contributed by atoms with Crippen molar-refractivity contribution >= 4 is 29.1 Å². The van der Waals surface area contributed by atoms with E-state index in [0.29, 0.717) is 5.69 Å². The molecule has 0 amide bonds. The standard InChI is InChI=1S/C14H17ClF3NS/c1-13(2)6-10(7-20-8-13)19-9-3-4-12(15)11(5-9)14(16,17)18/h3-5,10,19H,6-8H2,1-2H3. The molecule has 1 heterocycles. The Morgan fingerprint density at radius 1 is 1.35 bits per heavy atom. The molecule has 0 bridgehead atoms. The lowest BCUT2D eigenvalue weighted by atomic mass is 9.88. The van der Waals surface area contributed by atoms with Crippen LogP contribution in [-0.2, 0) is 6.18 Å². The second-order valence-electron chi connectivity index (χ2n) is 5.92. The van der Waals surface area contributed by atoms with Crippen LogP contribution in [0.4, 0.5) is 18.9 Å². The molecule has 1 aliphatic rings. The molecule has 1 aromatic carbocycles. The van der Waals surface area contributed by atoms with Crippen molar-refractivity contribution in [2.45, 2.75) is 32.5 Å². The van der Waals surface area contributed by atoms with E-state index in [9.17, 15) is 13.2 Å². The number of halogens is 4. The van der Waals surface area contributed by atoms with Gasteiger partial charge in [-0.3, -0.25) is 0 Å². The Morgan fingerprint density at radius 2 is 2.05 bits per heavy atom. The highest BCUT2D eigenvalue weighted by molar-refractivity contribution is 7.99. The van der Waals surface area contributed by atoms with Crippen LogP contribution in [0.1, 0.15) is 25.8 Å². The molecule has 1 aliphatic heterocycles. The van der Waals surface area contributed by atoms with E-state index in [-0.39, 0.29) is 16.5 Å². The van der Waals surface area contributed by atoms with Gasteiger partial charge < -0.3 is 5.32 Å². The van der Waals surface area contributed by atoms with E-state index in [0.717, 1.165) is 24.0 Å². The van der Waals surface area contributed by atoms with Gasteiger partial charge in [0.05, 0.1) is 10.6 Å². The van der Waals surface area contributed by atoms with Gasteiger partial charge in [0.2, 0.25) is 0 Å². The summed E-state index contributed by atoms with van der Waals surface area (Å²) < 4.78 is 38.4. The van der Waals surface area contributed by atoms with Gasteiger partial charge in [0.25, 0.3) is 0 Å². The Labute approximate surface area is 126 Å².